The second-order valence-electron chi connectivity index (χ2n) is 5.84. The first-order valence-corrected chi connectivity index (χ1v) is 8.70. The van der Waals surface area contributed by atoms with Gasteiger partial charge in [-0.3, -0.25) is 4.79 Å². The Kier molecular flexibility index (Phi) is 7.00. The largest absolute Gasteiger partial charge is 0.378 e. The fourth-order valence-corrected chi connectivity index (χ4v) is 2.67. The molecule has 0 bridgehead atoms. The number of amides is 3. The van der Waals surface area contributed by atoms with Gasteiger partial charge in [0.2, 0.25) is 5.91 Å². The molecule has 2 N–H and O–H groups in total. The third kappa shape index (κ3) is 5.32. The van der Waals surface area contributed by atoms with Crippen LogP contribution in [0.1, 0.15) is 20.8 Å². The van der Waals surface area contributed by atoms with Crippen LogP contribution in [-0.4, -0.2) is 67.3 Å². The molecule has 0 saturated carbocycles. The van der Waals surface area contributed by atoms with Crippen molar-refractivity contribution in [3.05, 3.63) is 18.3 Å². The van der Waals surface area contributed by atoms with Gasteiger partial charge in [0.05, 0.1) is 25.1 Å². The number of hydrogen-bond acceptors (Lipinski definition) is 5. The highest BCUT2D eigenvalue weighted by atomic mass is 16.5. The smallest absolute Gasteiger partial charge is 0.319 e. The molecular weight excluding hydrogens is 322 g/mol. The standard InChI is InChI=1S/C17H27N5O3/c1-4-21(5-2)16(23)13(3)19-17(24)20-14-6-7-15(18-12-14)22-8-10-25-11-9-22/h6-7,12-13H,4-5,8-11H2,1-3H3,(H2,19,20,24). The molecule has 3 amide bonds. The molecule has 2 heterocycles. The predicted molar refractivity (Wildman–Crippen MR) is 96.8 cm³/mol. The average Bonchev–Trinajstić information content (AvgIpc) is 2.64. The molecule has 0 radical (unpaired) electrons. The fourth-order valence-electron chi connectivity index (χ4n) is 2.67. The van der Waals surface area contributed by atoms with Gasteiger partial charge in [-0.15, -0.1) is 0 Å². The second-order valence-corrected chi connectivity index (χ2v) is 5.84. The molecule has 0 spiro atoms. The van der Waals surface area contributed by atoms with E-state index in [4.69, 9.17) is 4.74 Å². The van der Waals surface area contributed by atoms with Crippen LogP contribution in [0.5, 0.6) is 0 Å². The quantitative estimate of drug-likeness (QED) is 0.808. The van der Waals surface area contributed by atoms with E-state index in [1.165, 1.54) is 0 Å². The first-order valence-electron chi connectivity index (χ1n) is 8.70. The van der Waals surface area contributed by atoms with Crippen LogP contribution in [0.25, 0.3) is 0 Å². The van der Waals surface area contributed by atoms with Gasteiger partial charge in [-0.25, -0.2) is 9.78 Å². The van der Waals surface area contributed by atoms with Crippen LogP contribution in [0.3, 0.4) is 0 Å². The normalized spacial score (nSPS) is 15.4. The van der Waals surface area contributed by atoms with E-state index in [0.29, 0.717) is 32.0 Å². The fraction of sp³-hybridized carbons (Fsp3) is 0.588. The van der Waals surface area contributed by atoms with E-state index in [1.807, 2.05) is 19.9 Å². The van der Waals surface area contributed by atoms with Crippen molar-refractivity contribution < 1.29 is 14.3 Å². The zero-order chi connectivity index (χ0) is 18.2. The van der Waals surface area contributed by atoms with Crippen molar-refractivity contribution >= 4 is 23.4 Å². The van der Waals surface area contributed by atoms with E-state index in [2.05, 4.69) is 20.5 Å². The molecule has 1 aliphatic heterocycles. The summed E-state index contributed by atoms with van der Waals surface area (Å²) >= 11 is 0. The zero-order valence-corrected chi connectivity index (χ0v) is 15.1. The molecule has 1 atom stereocenters. The first-order chi connectivity index (χ1) is 12.0. The van der Waals surface area contributed by atoms with Gasteiger partial charge < -0.3 is 25.2 Å². The van der Waals surface area contributed by atoms with Crippen molar-refractivity contribution in [2.75, 3.05) is 49.6 Å². The molecule has 0 aliphatic carbocycles. The number of morpholine rings is 1. The summed E-state index contributed by atoms with van der Waals surface area (Å²) in [6.07, 6.45) is 1.61. The molecule has 1 fully saturated rings. The summed E-state index contributed by atoms with van der Waals surface area (Å²) in [6, 6.07) is 2.66. The van der Waals surface area contributed by atoms with Gasteiger partial charge in [-0.1, -0.05) is 0 Å². The summed E-state index contributed by atoms with van der Waals surface area (Å²) in [4.78, 5) is 32.4. The molecule has 1 aromatic heterocycles. The van der Waals surface area contributed by atoms with Gasteiger partial charge in [0, 0.05) is 26.2 Å². The van der Waals surface area contributed by atoms with E-state index in [-0.39, 0.29) is 5.91 Å². The van der Waals surface area contributed by atoms with Gasteiger partial charge in [0.1, 0.15) is 11.9 Å². The Bertz CT molecular complexity index is 568. The van der Waals surface area contributed by atoms with Crippen LogP contribution >= 0.6 is 0 Å². The maximum absolute atomic E-state index is 12.2. The third-order valence-corrected chi connectivity index (χ3v) is 4.13. The molecule has 0 aromatic carbocycles. The summed E-state index contributed by atoms with van der Waals surface area (Å²) in [5.74, 6) is 0.764. The minimum absolute atomic E-state index is 0.0964. The third-order valence-electron chi connectivity index (χ3n) is 4.13. The molecule has 1 aliphatic rings. The lowest BCUT2D eigenvalue weighted by Crippen LogP contribution is -2.48. The number of ether oxygens (including phenoxy) is 1. The summed E-state index contributed by atoms with van der Waals surface area (Å²) in [5.41, 5.74) is 0.581. The van der Waals surface area contributed by atoms with E-state index >= 15 is 0 Å². The van der Waals surface area contributed by atoms with Crippen molar-refractivity contribution in [1.82, 2.24) is 15.2 Å². The number of likely N-dealkylation sites (N-methyl/N-ethyl adjacent to an activating group) is 1. The average molecular weight is 349 g/mol. The number of hydrogen-bond donors (Lipinski definition) is 2. The van der Waals surface area contributed by atoms with Gasteiger partial charge in [0.15, 0.2) is 0 Å². The molecule has 1 aromatic rings. The Morgan fingerprint density at radius 2 is 1.96 bits per heavy atom. The number of urea groups is 1. The van der Waals surface area contributed by atoms with Crippen molar-refractivity contribution in [2.45, 2.75) is 26.8 Å². The van der Waals surface area contributed by atoms with Gasteiger partial charge >= 0.3 is 6.03 Å². The van der Waals surface area contributed by atoms with Crippen LogP contribution in [0.4, 0.5) is 16.3 Å². The summed E-state index contributed by atoms with van der Waals surface area (Å²) in [5, 5.41) is 5.37. The van der Waals surface area contributed by atoms with Crippen molar-refractivity contribution in [1.29, 1.82) is 0 Å². The highest BCUT2D eigenvalue weighted by molar-refractivity contribution is 5.93. The maximum Gasteiger partial charge on any atom is 0.319 e. The molecule has 25 heavy (non-hydrogen) atoms. The van der Waals surface area contributed by atoms with Crippen molar-refractivity contribution in [2.24, 2.45) is 0 Å². The van der Waals surface area contributed by atoms with E-state index in [1.54, 1.807) is 24.1 Å². The Morgan fingerprint density at radius 1 is 1.28 bits per heavy atom. The van der Waals surface area contributed by atoms with E-state index in [0.717, 1.165) is 18.9 Å². The number of pyridine rings is 1. The highest BCUT2D eigenvalue weighted by Gasteiger charge is 2.20. The minimum atomic E-state index is -0.583. The van der Waals surface area contributed by atoms with Crippen LogP contribution in [-0.2, 0) is 9.53 Å². The summed E-state index contributed by atoms with van der Waals surface area (Å²) in [7, 11) is 0. The number of nitrogens with zero attached hydrogens (tertiary/aromatic N) is 3. The minimum Gasteiger partial charge on any atom is -0.378 e. The SMILES string of the molecule is CCN(CC)C(=O)C(C)NC(=O)Nc1ccc(N2CCOCC2)nc1. The summed E-state index contributed by atoms with van der Waals surface area (Å²) in [6.45, 7) is 9.76. The van der Waals surface area contributed by atoms with Crippen LogP contribution < -0.4 is 15.5 Å². The zero-order valence-electron chi connectivity index (χ0n) is 15.1. The number of anilines is 2. The lowest BCUT2D eigenvalue weighted by molar-refractivity contribution is -0.132. The monoisotopic (exact) mass is 349 g/mol. The number of carbonyl (C=O) groups is 2. The maximum atomic E-state index is 12.2. The van der Waals surface area contributed by atoms with Gasteiger partial charge in [0.25, 0.3) is 0 Å². The molecule has 2 rings (SSSR count). The Labute approximate surface area is 148 Å². The molecule has 8 heteroatoms. The van der Waals surface area contributed by atoms with Gasteiger partial charge in [-0.2, -0.15) is 0 Å². The lowest BCUT2D eigenvalue weighted by atomic mass is 10.3. The van der Waals surface area contributed by atoms with E-state index in [9.17, 15) is 9.59 Å². The molecule has 1 unspecified atom stereocenters. The molecule has 138 valence electrons. The summed E-state index contributed by atoms with van der Waals surface area (Å²) < 4.78 is 5.32. The first kappa shape index (κ1) is 19.0. The van der Waals surface area contributed by atoms with Crippen LogP contribution in [0.2, 0.25) is 0 Å². The number of carbonyl (C=O) groups excluding carboxylic acids is 2. The number of aromatic nitrogens is 1. The van der Waals surface area contributed by atoms with E-state index < -0.39 is 12.1 Å². The second kappa shape index (κ2) is 9.22. The molecular formula is C17H27N5O3. The van der Waals surface area contributed by atoms with Crippen LogP contribution in [0.15, 0.2) is 18.3 Å². The Hall–Kier alpha value is -2.35. The van der Waals surface area contributed by atoms with Crippen molar-refractivity contribution in [3.8, 4) is 0 Å². The lowest BCUT2D eigenvalue weighted by Gasteiger charge is -2.27. The van der Waals surface area contributed by atoms with Gasteiger partial charge in [-0.05, 0) is 32.9 Å². The number of rotatable bonds is 6. The van der Waals surface area contributed by atoms with Crippen LogP contribution in [0, 0.1) is 0 Å². The highest BCUT2D eigenvalue weighted by Crippen LogP contribution is 2.15. The number of nitrogens with one attached hydrogen (secondary N) is 2. The topological polar surface area (TPSA) is 86.8 Å². The Balaban J connectivity index is 1.86. The Morgan fingerprint density at radius 3 is 2.52 bits per heavy atom. The van der Waals surface area contributed by atoms with Crippen molar-refractivity contribution in [3.63, 3.8) is 0 Å². The molecule has 8 nitrogen and oxygen atoms in total. The molecule has 1 saturated heterocycles. The predicted octanol–water partition coefficient (Wildman–Crippen LogP) is 1.30.